The number of benzene rings is 2. The number of para-hydroxylation sites is 1. The number of likely N-dealkylation sites (N-methyl/N-ethyl adjacent to an activating group) is 1. The molecule has 1 aromatic heterocycles. The molecule has 0 saturated carbocycles. The summed E-state index contributed by atoms with van der Waals surface area (Å²) in [5.41, 5.74) is 2.79. The van der Waals surface area contributed by atoms with Crippen molar-refractivity contribution in [1.82, 2.24) is 14.8 Å². The van der Waals surface area contributed by atoms with E-state index in [1.807, 2.05) is 47.4 Å². The van der Waals surface area contributed by atoms with Crippen LogP contribution in [0.25, 0.3) is 10.9 Å². The summed E-state index contributed by atoms with van der Waals surface area (Å²) in [7, 11) is 5.46. The summed E-state index contributed by atoms with van der Waals surface area (Å²) in [5.74, 6) is 1.57. The van der Waals surface area contributed by atoms with Crippen molar-refractivity contribution in [2.24, 2.45) is 0 Å². The molecule has 3 aromatic rings. The molecule has 1 amide bonds. The number of likely N-dealkylation sites (tertiary alicyclic amines) is 1. The number of amides is 1. The maximum absolute atomic E-state index is 13.2. The van der Waals surface area contributed by atoms with Crippen molar-refractivity contribution in [2.45, 2.75) is 25.3 Å². The van der Waals surface area contributed by atoms with E-state index >= 15 is 0 Å². The number of aromatic nitrogens is 1. The highest BCUT2D eigenvalue weighted by Gasteiger charge is 2.27. The Bertz CT molecular complexity index is 1080. The fourth-order valence-electron chi connectivity index (χ4n) is 4.39. The predicted molar refractivity (Wildman–Crippen MR) is 127 cm³/mol. The van der Waals surface area contributed by atoms with Gasteiger partial charge in [0.25, 0.3) is 5.91 Å². The third-order valence-corrected chi connectivity index (χ3v) is 6.35. The van der Waals surface area contributed by atoms with Gasteiger partial charge in [0.2, 0.25) is 0 Å². The van der Waals surface area contributed by atoms with E-state index in [9.17, 15) is 4.79 Å². The van der Waals surface area contributed by atoms with E-state index in [4.69, 9.17) is 9.47 Å². The van der Waals surface area contributed by atoms with Crippen molar-refractivity contribution in [3.8, 4) is 11.5 Å². The molecule has 0 bridgehead atoms. The maximum atomic E-state index is 13.2. The lowest BCUT2D eigenvalue weighted by Crippen LogP contribution is -2.49. The Morgan fingerprint density at radius 3 is 2.75 bits per heavy atom. The zero-order chi connectivity index (χ0) is 22.5. The molecular formula is C26H31N3O3. The van der Waals surface area contributed by atoms with Gasteiger partial charge in [-0.15, -0.1) is 0 Å². The Morgan fingerprint density at radius 2 is 1.94 bits per heavy atom. The van der Waals surface area contributed by atoms with Crippen LogP contribution in [0.2, 0.25) is 0 Å². The minimum atomic E-state index is 0.0706. The first-order valence-electron chi connectivity index (χ1n) is 11.1. The third-order valence-electron chi connectivity index (χ3n) is 6.35. The molecule has 4 rings (SSSR count). The van der Waals surface area contributed by atoms with E-state index in [1.165, 1.54) is 5.56 Å². The number of methoxy groups -OCH3 is 2. The molecule has 6 heteroatoms. The quantitative estimate of drug-likeness (QED) is 0.563. The van der Waals surface area contributed by atoms with Gasteiger partial charge in [0.1, 0.15) is 0 Å². The molecule has 0 aliphatic carbocycles. The Labute approximate surface area is 189 Å². The number of carbonyl (C=O) groups is 1. The van der Waals surface area contributed by atoms with Crippen LogP contribution in [0.5, 0.6) is 11.5 Å². The summed E-state index contributed by atoms with van der Waals surface area (Å²) in [6, 6.07) is 16.3. The number of nitrogens with zero attached hydrogens (tertiary/aromatic N) is 3. The van der Waals surface area contributed by atoms with Crippen LogP contribution >= 0.6 is 0 Å². The molecule has 0 radical (unpaired) electrons. The van der Waals surface area contributed by atoms with Crippen molar-refractivity contribution in [3.63, 3.8) is 0 Å². The van der Waals surface area contributed by atoms with Crippen molar-refractivity contribution in [2.75, 3.05) is 40.9 Å². The van der Waals surface area contributed by atoms with E-state index in [0.29, 0.717) is 11.6 Å². The minimum Gasteiger partial charge on any atom is -0.493 e. The first-order chi connectivity index (χ1) is 15.6. The Morgan fingerprint density at radius 1 is 1.12 bits per heavy atom. The molecule has 1 fully saturated rings. The number of hydrogen-bond acceptors (Lipinski definition) is 5. The molecule has 1 aliphatic rings. The highest BCUT2D eigenvalue weighted by molar-refractivity contribution is 5.97. The van der Waals surface area contributed by atoms with Gasteiger partial charge >= 0.3 is 0 Å². The summed E-state index contributed by atoms with van der Waals surface area (Å²) < 4.78 is 10.8. The third kappa shape index (κ3) is 4.86. The molecule has 2 heterocycles. The lowest BCUT2D eigenvalue weighted by molar-refractivity contribution is 0.0611. The summed E-state index contributed by atoms with van der Waals surface area (Å²) in [6.07, 6.45) is 4.73. The Kier molecular flexibility index (Phi) is 6.90. The van der Waals surface area contributed by atoms with Crippen LogP contribution in [0.3, 0.4) is 0 Å². The van der Waals surface area contributed by atoms with Gasteiger partial charge < -0.3 is 19.3 Å². The fourth-order valence-corrected chi connectivity index (χ4v) is 4.39. The fraction of sp³-hybridized carbons (Fsp3) is 0.385. The van der Waals surface area contributed by atoms with E-state index in [2.05, 4.69) is 23.0 Å². The zero-order valence-corrected chi connectivity index (χ0v) is 19.1. The van der Waals surface area contributed by atoms with Crippen LogP contribution in [-0.2, 0) is 6.42 Å². The molecule has 1 atom stereocenters. The molecule has 0 spiro atoms. The second kappa shape index (κ2) is 10.0. The zero-order valence-electron chi connectivity index (χ0n) is 19.1. The average molecular weight is 434 g/mol. The first kappa shape index (κ1) is 22.1. The molecule has 0 N–H and O–H groups in total. The average Bonchev–Trinajstić information content (AvgIpc) is 2.86. The van der Waals surface area contributed by atoms with E-state index in [0.717, 1.165) is 61.3 Å². The van der Waals surface area contributed by atoms with Crippen LogP contribution < -0.4 is 9.47 Å². The maximum Gasteiger partial charge on any atom is 0.255 e. The smallest absolute Gasteiger partial charge is 0.255 e. The van der Waals surface area contributed by atoms with Gasteiger partial charge in [-0.3, -0.25) is 9.78 Å². The van der Waals surface area contributed by atoms with E-state index < -0.39 is 0 Å². The number of carbonyl (C=O) groups excluding carboxylic acids is 1. The number of pyridine rings is 1. The monoisotopic (exact) mass is 433 g/mol. The molecule has 1 saturated heterocycles. The van der Waals surface area contributed by atoms with Gasteiger partial charge in [0, 0.05) is 37.3 Å². The summed E-state index contributed by atoms with van der Waals surface area (Å²) in [4.78, 5) is 22.0. The van der Waals surface area contributed by atoms with Crippen molar-refractivity contribution < 1.29 is 14.3 Å². The highest BCUT2D eigenvalue weighted by Crippen LogP contribution is 2.28. The molecule has 1 aliphatic heterocycles. The van der Waals surface area contributed by atoms with Gasteiger partial charge in [0.05, 0.1) is 25.3 Å². The normalized spacial score (nSPS) is 16.4. The molecule has 32 heavy (non-hydrogen) atoms. The van der Waals surface area contributed by atoms with Gasteiger partial charge in [0.15, 0.2) is 11.5 Å². The molecule has 6 nitrogen and oxygen atoms in total. The largest absolute Gasteiger partial charge is 0.493 e. The lowest BCUT2D eigenvalue weighted by atomic mass is 10.0. The summed E-state index contributed by atoms with van der Waals surface area (Å²) in [6.45, 7) is 2.46. The van der Waals surface area contributed by atoms with Gasteiger partial charge in [-0.05, 0) is 56.1 Å². The molecule has 2 aromatic carbocycles. The van der Waals surface area contributed by atoms with Crippen molar-refractivity contribution in [1.29, 1.82) is 0 Å². The van der Waals surface area contributed by atoms with Gasteiger partial charge in [-0.25, -0.2) is 0 Å². The van der Waals surface area contributed by atoms with Gasteiger partial charge in [-0.1, -0.05) is 24.3 Å². The van der Waals surface area contributed by atoms with Crippen LogP contribution in [0.15, 0.2) is 54.7 Å². The van der Waals surface area contributed by atoms with Crippen molar-refractivity contribution in [3.05, 3.63) is 65.9 Å². The number of ether oxygens (including phenoxy) is 2. The Balaban J connectivity index is 1.38. The van der Waals surface area contributed by atoms with Crippen LogP contribution in [0, 0.1) is 0 Å². The minimum absolute atomic E-state index is 0.0706. The standard InChI is InChI=1S/C26H31N3O3/c1-28(14-12-19-10-11-24(31-2)25(15-19)32-3)22-8-6-13-29(18-22)26(30)21-16-20-7-4-5-9-23(20)27-17-21/h4-5,7,9-11,15-17,22H,6,8,12-14,18H2,1-3H3. The van der Waals surface area contributed by atoms with Crippen molar-refractivity contribution >= 4 is 16.8 Å². The number of hydrogen-bond donors (Lipinski definition) is 0. The van der Waals surface area contributed by atoms with E-state index in [1.54, 1.807) is 20.4 Å². The number of fused-ring (bicyclic) bond motifs is 1. The summed E-state index contributed by atoms with van der Waals surface area (Å²) in [5, 5.41) is 0.999. The SMILES string of the molecule is COc1ccc(CCN(C)C2CCCN(C(=O)c3cnc4ccccc4c3)C2)cc1OC. The van der Waals surface area contributed by atoms with Crippen LogP contribution in [0.4, 0.5) is 0 Å². The molecular weight excluding hydrogens is 402 g/mol. The van der Waals surface area contributed by atoms with Crippen LogP contribution in [0.1, 0.15) is 28.8 Å². The Hall–Kier alpha value is -3.12. The molecule has 1 unspecified atom stereocenters. The second-order valence-electron chi connectivity index (χ2n) is 8.38. The first-order valence-corrected chi connectivity index (χ1v) is 11.1. The van der Waals surface area contributed by atoms with Gasteiger partial charge in [-0.2, -0.15) is 0 Å². The highest BCUT2D eigenvalue weighted by atomic mass is 16.5. The van der Waals surface area contributed by atoms with E-state index in [-0.39, 0.29) is 5.91 Å². The number of rotatable bonds is 7. The lowest BCUT2D eigenvalue weighted by Gasteiger charge is -2.37. The molecule has 168 valence electrons. The summed E-state index contributed by atoms with van der Waals surface area (Å²) >= 11 is 0. The predicted octanol–water partition coefficient (Wildman–Crippen LogP) is 4.03. The number of piperidine rings is 1. The topological polar surface area (TPSA) is 54.9 Å². The second-order valence-corrected chi connectivity index (χ2v) is 8.38. The van der Waals surface area contributed by atoms with Crippen LogP contribution in [-0.4, -0.2) is 67.6 Å².